The van der Waals surface area contributed by atoms with Crippen molar-refractivity contribution in [2.75, 3.05) is 45.8 Å². The highest BCUT2D eigenvalue weighted by Gasteiger charge is 2.25. The van der Waals surface area contributed by atoms with E-state index in [1.165, 1.54) is 58.7 Å². The van der Waals surface area contributed by atoms with Gasteiger partial charge in [0, 0.05) is 32.2 Å². The van der Waals surface area contributed by atoms with Gasteiger partial charge in [0.05, 0.1) is 0 Å². The molecule has 0 bridgehead atoms. The molecule has 0 aromatic carbocycles. The molecule has 0 aliphatic carbocycles. The van der Waals surface area contributed by atoms with Gasteiger partial charge >= 0.3 is 0 Å². The third-order valence-electron chi connectivity index (χ3n) is 4.76. The lowest BCUT2D eigenvalue weighted by molar-refractivity contribution is 0.117. The SMILES string of the molecule is CCN1CCC(CN2CCNC(C(C)C)C2)CC1. The van der Waals surface area contributed by atoms with E-state index in [-0.39, 0.29) is 0 Å². The quantitative estimate of drug-likeness (QED) is 0.822. The van der Waals surface area contributed by atoms with Crippen molar-refractivity contribution in [2.24, 2.45) is 11.8 Å². The first-order valence-electron chi connectivity index (χ1n) is 7.87. The number of rotatable bonds is 4. The van der Waals surface area contributed by atoms with Crippen LogP contribution in [0.4, 0.5) is 0 Å². The minimum absolute atomic E-state index is 0.703. The molecule has 0 saturated carbocycles. The van der Waals surface area contributed by atoms with Gasteiger partial charge in [-0.3, -0.25) is 0 Å². The maximum absolute atomic E-state index is 3.65. The average molecular weight is 253 g/mol. The van der Waals surface area contributed by atoms with E-state index in [9.17, 15) is 0 Å². The number of hydrogen-bond acceptors (Lipinski definition) is 3. The summed E-state index contributed by atoms with van der Waals surface area (Å²) in [6.07, 6.45) is 2.81. The lowest BCUT2D eigenvalue weighted by Crippen LogP contribution is -2.54. The fraction of sp³-hybridized carbons (Fsp3) is 1.00. The number of piperidine rings is 1. The first-order chi connectivity index (χ1) is 8.69. The van der Waals surface area contributed by atoms with Crippen LogP contribution in [-0.2, 0) is 0 Å². The van der Waals surface area contributed by atoms with Crippen molar-refractivity contribution in [3.63, 3.8) is 0 Å². The summed E-state index contributed by atoms with van der Waals surface area (Å²) in [6.45, 7) is 15.8. The van der Waals surface area contributed by atoms with Gasteiger partial charge < -0.3 is 15.1 Å². The van der Waals surface area contributed by atoms with E-state index in [1.807, 2.05) is 0 Å². The van der Waals surface area contributed by atoms with Gasteiger partial charge in [0.15, 0.2) is 0 Å². The molecule has 2 saturated heterocycles. The molecular weight excluding hydrogens is 222 g/mol. The number of likely N-dealkylation sites (tertiary alicyclic amines) is 1. The van der Waals surface area contributed by atoms with E-state index >= 15 is 0 Å². The standard InChI is InChI=1S/C15H31N3/c1-4-17-8-5-14(6-9-17)11-18-10-7-16-15(12-18)13(2)3/h13-16H,4-12H2,1-3H3. The number of piperazine rings is 1. The van der Waals surface area contributed by atoms with Crippen LogP contribution in [0.1, 0.15) is 33.6 Å². The van der Waals surface area contributed by atoms with Crippen LogP contribution in [0.15, 0.2) is 0 Å². The average Bonchev–Trinajstić information content (AvgIpc) is 2.40. The Labute approximate surface area is 113 Å². The molecule has 2 heterocycles. The minimum atomic E-state index is 0.703. The van der Waals surface area contributed by atoms with Gasteiger partial charge in [0.1, 0.15) is 0 Å². The smallest absolute Gasteiger partial charge is 0.0218 e. The molecule has 2 aliphatic heterocycles. The molecule has 1 N–H and O–H groups in total. The lowest BCUT2D eigenvalue weighted by atomic mass is 9.95. The number of nitrogens with one attached hydrogen (secondary N) is 1. The molecule has 0 aromatic rings. The van der Waals surface area contributed by atoms with Crippen LogP contribution in [0.2, 0.25) is 0 Å². The zero-order valence-electron chi connectivity index (χ0n) is 12.5. The number of nitrogens with zero attached hydrogens (tertiary/aromatic N) is 2. The Kier molecular flexibility index (Phi) is 5.46. The van der Waals surface area contributed by atoms with Crippen molar-refractivity contribution in [3.8, 4) is 0 Å². The van der Waals surface area contributed by atoms with Crippen molar-refractivity contribution < 1.29 is 0 Å². The predicted octanol–water partition coefficient (Wildman–Crippen LogP) is 1.65. The van der Waals surface area contributed by atoms with Crippen molar-refractivity contribution in [3.05, 3.63) is 0 Å². The van der Waals surface area contributed by atoms with E-state index in [1.54, 1.807) is 0 Å². The van der Waals surface area contributed by atoms with Gasteiger partial charge in [0.2, 0.25) is 0 Å². The molecule has 1 unspecified atom stereocenters. The molecule has 0 radical (unpaired) electrons. The van der Waals surface area contributed by atoms with Gasteiger partial charge in [0.25, 0.3) is 0 Å². The summed E-state index contributed by atoms with van der Waals surface area (Å²) in [5, 5.41) is 3.65. The molecule has 18 heavy (non-hydrogen) atoms. The van der Waals surface area contributed by atoms with E-state index in [4.69, 9.17) is 0 Å². The highest BCUT2D eigenvalue weighted by molar-refractivity contribution is 4.83. The van der Waals surface area contributed by atoms with E-state index in [0.717, 1.165) is 11.8 Å². The predicted molar refractivity (Wildman–Crippen MR) is 77.9 cm³/mol. The lowest BCUT2D eigenvalue weighted by Gasteiger charge is -2.39. The van der Waals surface area contributed by atoms with E-state index in [0.29, 0.717) is 6.04 Å². The Morgan fingerprint density at radius 3 is 2.44 bits per heavy atom. The molecule has 0 aromatic heterocycles. The van der Waals surface area contributed by atoms with Gasteiger partial charge in [-0.25, -0.2) is 0 Å². The maximum atomic E-state index is 3.65. The van der Waals surface area contributed by atoms with Crippen LogP contribution < -0.4 is 5.32 Å². The van der Waals surface area contributed by atoms with Crippen LogP contribution in [0.25, 0.3) is 0 Å². The first-order valence-corrected chi connectivity index (χ1v) is 7.87. The van der Waals surface area contributed by atoms with Crippen LogP contribution >= 0.6 is 0 Å². The third-order valence-corrected chi connectivity index (χ3v) is 4.76. The summed E-state index contributed by atoms with van der Waals surface area (Å²) in [6, 6.07) is 0.703. The monoisotopic (exact) mass is 253 g/mol. The summed E-state index contributed by atoms with van der Waals surface area (Å²) in [5.74, 6) is 1.70. The normalized spacial score (nSPS) is 29.0. The van der Waals surface area contributed by atoms with Crippen LogP contribution in [-0.4, -0.2) is 61.7 Å². The Balaban J connectivity index is 1.73. The summed E-state index contributed by atoms with van der Waals surface area (Å²) < 4.78 is 0. The minimum Gasteiger partial charge on any atom is -0.311 e. The van der Waals surface area contributed by atoms with Gasteiger partial charge in [-0.2, -0.15) is 0 Å². The second-order valence-corrected chi connectivity index (χ2v) is 6.44. The van der Waals surface area contributed by atoms with E-state index < -0.39 is 0 Å². The zero-order valence-corrected chi connectivity index (χ0v) is 12.5. The molecule has 106 valence electrons. The molecule has 3 nitrogen and oxygen atoms in total. The molecule has 0 amide bonds. The highest BCUT2D eigenvalue weighted by Crippen LogP contribution is 2.19. The highest BCUT2D eigenvalue weighted by atomic mass is 15.2. The Bertz CT molecular complexity index is 234. The molecule has 2 rings (SSSR count). The summed E-state index contributed by atoms with van der Waals surface area (Å²) >= 11 is 0. The summed E-state index contributed by atoms with van der Waals surface area (Å²) in [7, 11) is 0. The largest absolute Gasteiger partial charge is 0.311 e. The second kappa shape index (κ2) is 6.88. The molecule has 2 fully saturated rings. The van der Waals surface area contributed by atoms with Crippen molar-refractivity contribution in [2.45, 2.75) is 39.7 Å². The van der Waals surface area contributed by atoms with Crippen molar-refractivity contribution in [1.82, 2.24) is 15.1 Å². The van der Waals surface area contributed by atoms with Gasteiger partial charge in [-0.05, 0) is 44.3 Å². The fourth-order valence-corrected chi connectivity index (χ4v) is 3.30. The summed E-state index contributed by atoms with van der Waals surface area (Å²) in [5.41, 5.74) is 0. The molecule has 2 aliphatic rings. The zero-order chi connectivity index (χ0) is 13.0. The van der Waals surface area contributed by atoms with Crippen LogP contribution in [0.3, 0.4) is 0 Å². The third kappa shape index (κ3) is 3.94. The van der Waals surface area contributed by atoms with Crippen molar-refractivity contribution >= 4 is 0 Å². The molecule has 3 heteroatoms. The Hall–Kier alpha value is -0.120. The molecular formula is C15H31N3. The number of hydrogen-bond donors (Lipinski definition) is 1. The topological polar surface area (TPSA) is 18.5 Å². The van der Waals surface area contributed by atoms with Crippen LogP contribution in [0.5, 0.6) is 0 Å². The van der Waals surface area contributed by atoms with E-state index in [2.05, 4.69) is 35.9 Å². The molecule has 0 spiro atoms. The van der Waals surface area contributed by atoms with Crippen LogP contribution in [0, 0.1) is 11.8 Å². The second-order valence-electron chi connectivity index (χ2n) is 6.44. The summed E-state index contributed by atoms with van der Waals surface area (Å²) in [4.78, 5) is 5.29. The maximum Gasteiger partial charge on any atom is 0.0218 e. The van der Waals surface area contributed by atoms with Crippen molar-refractivity contribution in [1.29, 1.82) is 0 Å². The van der Waals surface area contributed by atoms with Gasteiger partial charge in [-0.15, -0.1) is 0 Å². The molecule has 1 atom stereocenters. The first kappa shape index (κ1) is 14.3. The Morgan fingerprint density at radius 2 is 1.83 bits per heavy atom. The Morgan fingerprint density at radius 1 is 1.11 bits per heavy atom. The fourth-order valence-electron chi connectivity index (χ4n) is 3.30. The van der Waals surface area contributed by atoms with Gasteiger partial charge in [-0.1, -0.05) is 20.8 Å².